The Kier molecular flexibility index (Phi) is 8.59. The number of benzene rings is 2. The third-order valence-corrected chi connectivity index (χ3v) is 6.26. The summed E-state index contributed by atoms with van der Waals surface area (Å²) in [5.41, 5.74) is 1.87. The van der Waals surface area contributed by atoms with Crippen molar-refractivity contribution < 1.29 is 23.1 Å². The molecule has 7 heteroatoms. The van der Waals surface area contributed by atoms with Gasteiger partial charge in [-0.2, -0.15) is 0 Å². The lowest BCUT2D eigenvalue weighted by Gasteiger charge is -2.12. The Bertz CT molecular complexity index is 981. The molecule has 0 heterocycles. The molecule has 0 saturated carbocycles. The molecule has 30 heavy (non-hydrogen) atoms. The minimum atomic E-state index is -3.63. The highest BCUT2D eigenvalue weighted by molar-refractivity contribution is 7.92. The van der Waals surface area contributed by atoms with E-state index in [1.165, 1.54) is 19.1 Å². The number of carbonyl (C=O) groups is 2. The number of hydrogen-bond acceptors (Lipinski definition) is 4. The van der Waals surface area contributed by atoms with Crippen LogP contribution in [-0.2, 0) is 10.0 Å². The van der Waals surface area contributed by atoms with Gasteiger partial charge < -0.3 is 5.11 Å². The third-order valence-electron chi connectivity index (χ3n) is 4.91. The van der Waals surface area contributed by atoms with Crippen molar-refractivity contribution in [3.8, 4) is 11.1 Å². The number of carboxylic acids is 1. The van der Waals surface area contributed by atoms with Crippen LogP contribution in [-0.4, -0.2) is 31.0 Å². The van der Waals surface area contributed by atoms with Crippen molar-refractivity contribution in [1.82, 2.24) is 0 Å². The number of ketones is 1. The first-order valence-corrected chi connectivity index (χ1v) is 11.9. The second-order valence-corrected chi connectivity index (χ2v) is 9.23. The lowest BCUT2D eigenvalue weighted by Crippen LogP contribution is -2.18. The summed E-state index contributed by atoms with van der Waals surface area (Å²) in [7, 11) is -3.63. The highest BCUT2D eigenvalue weighted by atomic mass is 32.2. The van der Waals surface area contributed by atoms with E-state index in [1.807, 2.05) is 0 Å². The largest absolute Gasteiger partial charge is 0.478 e. The molecule has 2 N–H and O–H groups in total. The molecule has 0 aliphatic rings. The van der Waals surface area contributed by atoms with E-state index in [2.05, 4.69) is 11.6 Å². The van der Waals surface area contributed by atoms with Gasteiger partial charge in [0, 0.05) is 5.56 Å². The molecule has 0 aliphatic heterocycles. The monoisotopic (exact) mass is 431 g/mol. The Labute approximate surface area is 178 Å². The van der Waals surface area contributed by atoms with Crippen LogP contribution in [0.3, 0.4) is 0 Å². The molecule has 0 radical (unpaired) electrons. The average molecular weight is 432 g/mol. The van der Waals surface area contributed by atoms with Gasteiger partial charge in [-0.15, -0.1) is 0 Å². The van der Waals surface area contributed by atoms with E-state index in [1.54, 1.807) is 30.3 Å². The van der Waals surface area contributed by atoms with Crippen LogP contribution in [0.25, 0.3) is 11.1 Å². The average Bonchev–Trinajstić information content (AvgIpc) is 2.70. The SMILES string of the molecule is CCCCCCCCS(=O)(=O)Nc1ccc(-c2ccc(C(C)=O)cc2)cc1C(=O)O. The predicted octanol–water partition coefficient (Wildman–Crippen LogP) is 5.36. The summed E-state index contributed by atoms with van der Waals surface area (Å²) in [5.74, 6) is -1.30. The van der Waals surface area contributed by atoms with Crippen LogP contribution >= 0.6 is 0 Å². The Balaban J connectivity index is 2.13. The molecular weight excluding hydrogens is 402 g/mol. The molecule has 0 atom stereocenters. The number of carboxylic acid groups (broad SMARTS) is 1. The van der Waals surface area contributed by atoms with Crippen molar-refractivity contribution >= 4 is 27.5 Å². The third kappa shape index (κ3) is 6.99. The van der Waals surface area contributed by atoms with E-state index in [4.69, 9.17) is 0 Å². The number of carbonyl (C=O) groups excluding carboxylic acids is 1. The molecule has 0 unspecified atom stereocenters. The minimum absolute atomic E-state index is 0.0353. The maximum Gasteiger partial charge on any atom is 0.337 e. The summed E-state index contributed by atoms with van der Waals surface area (Å²) in [6.07, 6.45) is 5.76. The van der Waals surface area contributed by atoms with Gasteiger partial charge >= 0.3 is 5.97 Å². The standard InChI is InChI=1S/C23H29NO5S/c1-3-4-5-6-7-8-15-30(28,29)24-22-14-13-20(16-21(22)23(26)27)19-11-9-18(10-12-19)17(2)25/h9-14,16,24H,3-8,15H2,1-2H3,(H,26,27). The normalized spacial score (nSPS) is 11.3. The fraction of sp³-hybridized carbons (Fsp3) is 0.391. The number of anilines is 1. The fourth-order valence-corrected chi connectivity index (χ4v) is 4.38. The molecule has 162 valence electrons. The fourth-order valence-electron chi connectivity index (χ4n) is 3.18. The summed E-state index contributed by atoms with van der Waals surface area (Å²) in [6.45, 7) is 3.60. The summed E-state index contributed by atoms with van der Waals surface area (Å²) in [4.78, 5) is 23.1. The maximum atomic E-state index is 12.4. The molecule has 0 fully saturated rings. The highest BCUT2D eigenvalue weighted by Gasteiger charge is 2.17. The topological polar surface area (TPSA) is 101 Å². The Morgan fingerprint density at radius 1 is 0.900 bits per heavy atom. The van der Waals surface area contributed by atoms with Gasteiger partial charge in [0.05, 0.1) is 17.0 Å². The van der Waals surface area contributed by atoms with Gasteiger partial charge in [-0.25, -0.2) is 13.2 Å². The first kappa shape index (κ1) is 23.6. The molecule has 2 rings (SSSR count). The Morgan fingerprint density at radius 3 is 2.10 bits per heavy atom. The van der Waals surface area contributed by atoms with Gasteiger partial charge in [0.15, 0.2) is 5.78 Å². The highest BCUT2D eigenvalue weighted by Crippen LogP contribution is 2.27. The molecule has 0 aromatic heterocycles. The summed E-state index contributed by atoms with van der Waals surface area (Å²) in [6, 6.07) is 11.4. The molecule has 0 amide bonds. The summed E-state index contributed by atoms with van der Waals surface area (Å²) >= 11 is 0. The second-order valence-electron chi connectivity index (χ2n) is 7.39. The van der Waals surface area contributed by atoms with Crippen LogP contribution in [0.1, 0.15) is 73.1 Å². The van der Waals surface area contributed by atoms with E-state index < -0.39 is 16.0 Å². The molecule has 0 bridgehead atoms. The number of rotatable bonds is 12. The Hall–Kier alpha value is -2.67. The van der Waals surface area contributed by atoms with Gasteiger partial charge in [-0.3, -0.25) is 9.52 Å². The van der Waals surface area contributed by atoms with Crippen molar-refractivity contribution in [2.45, 2.75) is 52.4 Å². The molecule has 6 nitrogen and oxygen atoms in total. The lowest BCUT2D eigenvalue weighted by atomic mass is 10.00. The van der Waals surface area contributed by atoms with Crippen LogP contribution in [0.2, 0.25) is 0 Å². The van der Waals surface area contributed by atoms with Crippen LogP contribution in [0.5, 0.6) is 0 Å². The number of hydrogen-bond donors (Lipinski definition) is 2. The minimum Gasteiger partial charge on any atom is -0.478 e. The van der Waals surface area contributed by atoms with E-state index in [-0.39, 0.29) is 22.8 Å². The van der Waals surface area contributed by atoms with Gasteiger partial charge in [0.25, 0.3) is 0 Å². The smallest absolute Gasteiger partial charge is 0.337 e. The number of sulfonamides is 1. The van der Waals surface area contributed by atoms with Crippen LogP contribution < -0.4 is 4.72 Å². The van der Waals surface area contributed by atoms with E-state index in [0.29, 0.717) is 17.5 Å². The van der Waals surface area contributed by atoms with E-state index in [9.17, 15) is 23.1 Å². The van der Waals surface area contributed by atoms with E-state index in [0.717, 1.165) is 37.7 Å². The van der Waals surface area contributed by atoms with Crippen molar-refractivity contribution in [3.05, 3.63) is 53.6 Å². The van der Waals surface area contributed by atoms with Crippen molar-refractivity contribution in [2.24, 2.45) is 0 Å². The molecular formula is C23H29NO5S. The van der Waals surface area contributed by atoms with Crippen LogP contribution in [0.15, 0.2) is 42.5 Å². The summed E-state index contributed by atoms with van der Waals surface area (Å²) < 4.78 is 27.2. The van der Waals surface area contributed by atoms with Gasteiger partial charge in [0.2, 0.25) is 10.0 Å². The first-order valence-electron chi connectivity index (χ1n) is 10.2. The zero-order valence-electron chi connectivity index (χ0n) is 17.5. The predicted molar refractivity (Wildman–Crippen MR) is 120 cm³/mol. The molecule has 0 spiro atoms. The number of Topliss-reactive ketones (excluding diaryl/α,β-unsaturated/α-hetero) is 1. The number of unbranched alkanes of at least 4 members (excludes halogenated alkanes) is 5. The molecule has 0 aliphatic carbocycles. The number of nitrogens with one attached hydrogen (secondary N) is 1. The Morgan fingerprint density at radius 2 is 1.50 bits per heavy atom. The summed E-state index contributed by atoms with van der Waals surface area (Å²) in [5, 5.41) is 9.57. The zero-order chi connectivity index (χ0) is 22.1. The quantitative estimate of drug-likeness (QED) is 0.348. The molecule has 2 aromatic carbocycles. The maximum absolute atomic E-state index is 12.4. The zero-order valence-corrected chi connectivity index (χ0v) is 18.3. The molecule has 2 aromatic rings. The van der Waals surface area contributed by atoms with Gasteiger partial charge in [-0.1, -0.05) is 69.4 Å². The number of aromatic carboxylic acids is 1. The molecule has 0 saturated heterocycles. The van der Waals surface area contributed by atoms with Gasteiger partial charge in [0.1, 0.15) is 0 Å². The van der Waals surface area contributed by atoms with E-state index >= 15 is 0 Å². The van der Waals surface area contributed by atoms with Crippen LogP contribution in [0.4, 0.5) is 5.69 Å². The van der Waals surface area contributed by atoms with Crippen molar-refractivity contribution in [3.63, 3.8) is 0 Å². The first-order chi connectivity index (χ1) is 14.2. The lowest BCUT2D eigenvalue weighted by molar-refractivity contribution is 0.0698. The van der Waals surface area contributed by atoms with Gasteiger partial charge in [-0.05, 0) is 36.6 Å². The van der Waals surface area contributed by atoms with Crippen LogP contribution in [0, 0.1) is 0 Å². The second kappa shape index (κ2) is 10.9. The van der Waals surface area contributed by atoms with Crippen molar-refractivity contribution in [1.29, 1.82) is 0 Å². The van der Waals surface area contributed by atoms with Crippen molar-refractivity contribution in [2.75, 3.05) is 10.5 Å².